The first-order chi connectivity index (χ1) is 16.0. The molecule has 2 aromatic rings. The van der Waals surface area contributed by atoms with Crippen LogP contribution in [0.15, 0.2) is 48.5 Å². The number of nitrogens with zero attached hydrogens (tertiary/aromatic N) is 3. The van der Waals surface area contributed by atoms with Gasteiger partial charge in [0.25, 0.3) is 0 Å². The van der Waals surface area contributed by atoms with Gasteiger partial charge < -0.3 is 14.2 Å². The summed E-state index contributed by atoms with van der Waals surface area (Å²) in [6.07, 6.45) is -6.45. The van der Waals surface area contributed by atoms with Gasteiger partial charge in [-0.05, 0) is 42.0 Å². The molecule has 0 spiro atoms. The second-order valence-electron chi connectivity index (χ2n) is 7.89. The highest BCUT2D eigenvalue weighted by Crippen LogP contribution is 2.68. The third kappa shape index (κ3) is 2.93. The number of nitrogens with one attached hydrogen (secondary N) is 1. The maximum atomic E-state index is 13.6. The lowest BCUT2D eigenvalue weighted by molar-refractivity contribution is -0.288. The zero-order valence-electron chi connectivity index (χ0n) is 17.4. The highest BCUT2D eigenvalue weighted by Gasteiger charge is 2.79. The molecule has 0 saturated carbocycles. The Bertz CT molecular complexity index is 1260. The standard InChI is InChI=1S/C23H14F4N4O3/c1-13-21(12-30)19(31)34-22(13,15-4-6-16(24)7-5-15)33-18(20(21,10-28)11-29)14-2-8-17(9-3-14)32-23(25,26)27/h2-9,13,18,31H,1H3. The van der Waals surface area contributed by atoms with Crippen molar-refractivity contribution in [3.8, 4) is 24.0 Å². The average molecular weight is 470 g/mol. The molecule has 2 saturated heterocycles. The number of fused-ring (bicyclic) bond motifs is 2. The SMILES string of the molecule is CC1C2(c3ccc(F)cc3)OC(=N)C1(C#N)C(C#N)(C#N)C(c1ccc(OC(F)(F)F)cc1)O2. The summed E-state index contributed by atoms with van der Waals surface area (Å²) in [5.74, 6) is -4.69. The second-order valence-corrected chi connectivity index (χ2v) is 7.89. The fourth-order valence-electron chi connectivity index (χ4n) is 4.70. The zero-order chi connectivity index (χ0) is 24.9. The molecule has 2 heterocycles. The van der Waals surface area contributed by atoms with Gasteiger partial charge in [0.1, 0.15) is 17.7 Å². The van der Waals surface area contributed by atoms with E-state index in [4.69, 9.17) is 14.9 Å². The van der Waals surface area contributed by atoms with E-state index in [1.807, 2.05) is 18.2 Å². The third-order valence-corrected chi connectivity index (χ3v) is 6.33. The highest BCUT2D eigenvalue weighted by atomic mass is 19.4. The van der Waals surface area contributed by atoms with Gasteiger partial charge in [-0.2, -0.15) is 15.8 Å². The van der Waals surface area contributed by atoms with Gasteiger partial charge in [-0.3, -0.25) is 5.41 Å². The topological polar surface area (TPSA) is 123 Å². The Morgan fingerprint density at radius 3 is 2.06 bits per heavy atom. The molecule has 0 aliphatic carbocycles. The second kappa shape index (κ2) is 7.44. The zero-order valence-corrected chi connectivity index (χ0v) is 17.4. The van der Waals surface area contributed by atoms with Crippen molar-refractivity contribution in [1.82, 2.24) is 0 Å². The minimum Gasteiger partial charge on any atom is -0.443 e. The Morgan fingerprint density at radius 2 is 1.56 bits per heavy atom. The largest absolute Gasteiger partial charge is 0.573 e. The molecule has 2 aliphatic heterocycles. The monoisotopic (exact) mass is 470 g/mol. The van der Waals surface area contributed by atoms with Crippen molar-refractivity contribution in [3.05, 3.63) is 65.5 Å². The molecule has 7 nitrogen and oxygen atoms in total. The van der Waals surface area contributed by atoms with E-state index in [2.05, 4.69) is 4.74 Å². The van der Waals surface area contributed by atoms with Crippen LogP contribution in [-0.4, -0.2) is 12.3 Å². The first-order valence-corrected chi connectivity index (χ1v) is 9.81. The summed E-state index contributed by atoms with van der Waals surface area (Å²) < 4.78 is 67.0. The normalized spacial score (nSPS) is 29.3. The minimum atomic E-state index is -4.93. The van der Waals surface area contributed by atoms with Crippen LogP contribution in [-0.2, 0) is 15.3 Å². The van der Waals surface area contributed by atoms with Crippen molar-refractivity contribution in [2.24, 2.45) is 16.7 Å². The Hall–Kier alpha value is -4.14. The predicted molar refractivity (Wildman–Crippen MR) is 105 cm³/mol. The van der Waals surface area contributed by atoms with Crippen LogP contribution in [0.25, 0.3) is 0 Å². The molecule has 0 aromatic heterocycles. The Morgan fingerprint density at radius 1 is 0.971 bits per heavy atom. The lowest BCUT2D eigenvalue weighted by Gasteiger charge is -2.48. The summed E-state index contributed by atoms with van der Waals surface area (Å²) in [4.78, 5) is 0. The quantitative estimate of drug-likeness (QED) is 0.641. The van der Waals surface area contributed by atoms with Gasteiger partial charge in [-0.25, -0.2) is 4.39 Å². The van der Waals surface area contributed by atoms with Crippen molar-refractivity contribution in [2.45, 2.75) is 25.2 Å². The minimum absolute atomic E-state index is 0.0777. The van der Waals surface area contributed by atoms with Gasteiger partial charge in [0.05, 0.1) is 24.1 Å². The molecule has 34 heavy (non-hydrogen) atoms. The van der Waals surface area contributed by atoms with Crippen molar-refractivity contribution in [2.75, 3.05) is 0 Å². The predicted octanol–water partition coefficient (Wildman–Crippen LogP) is 4.84. The van der Waals surface area contributed by atoms with Crippen molar-refractivity contribution in [3.63, 3.8) is 0 Å². The summed E-state index contributed by atoms with van der Waals surface area (Å²) in [5, 5.41) is 39.0. The van der Waals surface area contributed by atoms with E-state index in [1.54, 1.807) is 0 Å². The number of ether oxygens (including phenoxy) is 3. The fourth-order valence-corrected chi connectivity index (χ4v) is 4.70. The number of hydrogen-bond donors (Lipinski definition) is 1. The van der Waals surface area contributed by atoms with E-state index >= 15 is 0 Å². The van der Waals surface area contributed by atoms with Crippen LogP contribution in [0.1, 0.15) is 24.2 Å². The molecule has 1 N–H and O–H groups in total. The van der Waals surface area contributed by atoms with Gasteiger partial charge >= 0.3 is 6.36 Å². The van der Waals surface area contributed by atoms with E-state index in [1.165, 1.54) is 19.1 Å². The summed E-state index contributed by atoms with van der Waals surface area (Å²) in [6.45, 7) is 1.48. The smallest absolute Gasteiger partial charge is 0.443 e. The Labute approximate surface area is 190 Å². The Kier molecular flexibility index (Phi) is 5.04. The van der Waals surface area contributed by atoms with Gasteiger partial charge in [0.2, 0.25) is 17.1 Å². The number of nitriles is 3. The van der Waals surface area contributed by atoms with Crippen molar-refractivity contribution < 1.29 is 31.8 Å². The molecule has 4 unspecified atom stereocenters. The van der Waals surface area contributed by atoms with Gasteiger partial charge in [0.15, 0.2) is 5.41 Å². The van der Waals surface area contributed by atoms with Crippen LogP contribution in [0.5, 0.6) is 5.75 Å². The third-order valence-electron chi connectivity index (χ3n) is 6.33. The average Bonchev–Trinajstić information content (AvgIpc) is 2.95. The van der Waals surface area contributed by atoms with Crippen LogP contribution >= 0.6 is 0 Å². The number of halogens is 4. The summed E-state index contributed by atoms with van der Waals surface area (Å²) in [7, 11) is 0. The molecule has 2 aromatic carbocycles. The summed E-state index contributed by atoms with van der Waals surface area (Å²) in [6, 6.07) is 14.8. The molecular formula is C23H14F4N4O3. The van der Waals surface area contributed by atoms with E-state index < -0.39 is 52.5 Å². The number of hydrogen-bond acceptors (Lipinski definition) is 7. The molecule has 0 amide bonds. The molecule has 4 rings (SSSR count). The fraction of sp³-hybridized carbons (Fsp3) is 0.304. The van der Waals surface area contributed by atoms with Crippen LogP contribution < -0.4 is 4.74 Å². The molecule has 2 aliphatic rings. The Balaban J connectivity index is 1.92. The van der Waals surface area contributed by atoms with Crippen molar-refractivity contribution >= 4 is 5.90 Å². The van der Waals surface area contributed by atoms with Crippen LogP contribution in [0, 0.1) is 62.0 Å². The number of benzene rings is 2. The lowest BCUT2D eigenvalue weighted by atomic mass is 9.53. The van der Waals surface area contributed by atoms with E-state index in [0.717, 1.165) is 36.4 Å². The van der Waals surface area contributed by atoms with Crippen molar-refractivity contribution in [1.29, 1.82) is 21.2 Å². The van der Waals surface area contributed by atoms with Crippen LogP contribution in [0.4, 0.5) is 17.6 Å². The first kappa shape index (κ1) is 23.0. The maximum absolute atomic E-state index is 13.6. The molecule has 4 atom stereocenters. The number of alkyl halides is 3. The van der Waals surface area contributed by atoms with Gasteiger partial charge in [-0.15, -0.1) is 13.2 Å². The molecule has 0 radical (unpaired) electrons. The lowest BCUT2D eigenvalue weighted by Crippen LogP contribution is -2.57. The summed E-state index contributed by atoms with van der Waals surface area (Å²) >= 11 is 0. The number of rotatable bonds is 3. The molecule has 11 heteroatoms. The van der Waals surface area contributed by atoms with Gasteiger partial charge in [0, 0.05) is 5.56 Å². The molecular weight excluding hydrogens is 456 g/mol. The highest BCUT2D eigenvalue weighted by molar-refractivity contribution is 5.89. The maximum Gasteiger partial charge on any atom is 0.573 e. The summed E-state index contributed by atoms with van der Waals surface area (Å²) in [5.41, 5.74) is -4.09. The molecule has 172 valence electrons. The van der Waals surface area contributed by atoms with E-state index in [9.17, 15) is 33.3 Å². The van der Waals surface area contributed by atoms with Gasteiger partial charge in [-0.1, -0.05) is 19.1 Å². The van der Waals surface area contributed by atoms with E-state index in [0.29, 0.717) is 0 Å². The van der Waals surface area contributed by atoms with E-state index in [-0.39, 0.29) is 11.1 Å². The molecule has 2 fully saturated rings. The van der Waals surface area contributed by atoms with Crippen LogP contribution in [0.2, 0.25) is 0 Å². The molecule has 2 bridgehead atoms. The first-order valence-electron chi connectivity index (χ1n) is 9.81. The van der Waals surface area contributed by atoms with Crippen LogP contribution in [0.3, 0.4) is 0 Å².